The molecule has 10 nitrogen and oxygen atoms in total. The molecule has 10 heteroatoms. The number of benzene rings is 2. The van der Waals surface area contributed by atoms with Crippen molar-refractivity contribution in [2.75, 3.05) is 13.7 Å². The van der Waals surface area contributed by atoms with Gasteiger partial charge in [-0.3, -0.25) is 14.9 Å². The molecule has 2 aromatic heterocycles. The van der Waals surface area contributed by atoms with Crippen LogP contribution in [0.4, 0.5) is 5.69 Å². The van der Waals surface area contributed by atoms with Gasteiger partial charge in [0.25, 0.3) is 11.6 Å². The predicted molar refractivity (Wildman–Crippen MR) is 117 cm³/mol. The van der Waals surface area contributed by atoms with Gasteiger partial charge in [0, 0.05) is 36.2 Å². The molecule has 2 aromatic carbocycles. The van der Waals surface area contributed by atoms with Gasteiger partial charge < -0.3 is 18.6 Å². The fourth-order valence-electron chi connectivity index (χ4n) is 3.22. The lowest BCUT2D eigenvalue weighted by Crippen LogP contribution is -2.32. The van der Waals surface area contributed by atoms with Crippen molar-refractivity contribution >= 4 is 11.6 Å². The van der Waals surface area contributed by atoms with E-state index in [1.807, 2.05) is 12.1 Å². The Hall–Kier alpha value is -4.47. The van der Waals surface area contributed by atoms with E-state index in [9.17, 15) is 14.9 Å². The molecule has 1 amide bonds. The Morgan fingerprint density at radius 2 is 1.97 bits per heavy atom. The highest BCUT2D eigenvalue weighted by molar-refractivity contribution is 5.94. The standard InChI is InChI=1S/C23H20N4O6/c1-31-19-9-7-16(8-10-19)22-24-21(33-25-22)11-12-26(15-20-6-3-13-32-20)23(28)17-4-2-5-18(14-17)27(29)30/h2-10,13-14H,11-12,15H2,1H3. The first-order valence-corrected chi connectivity index (χ1v) is 10.1. The molecule has 33 heavy (non-hydrogen) atoms. The molecule has 0 N–H and O–H groups in total. The fraction of sp³-hybridized carbons (Fsp3) is 0.174. The number of nitrogens with zero attached hydrogens (tertiary/aromatic N) is 4. The number of non-ortho nitro benzene ring substituents is 1. The van der Waals surface area contributed by atoms with Gasteiger partial charge in [-0.1, -0.05) is 11.2 Å². The van der Waals surface area contributed by atoms with Gasteiger partial charge in [-0.25, -0.2) is 0 Å². The van der Waals surface area contributed by atoms with E-state index in [1.165, 1.54) is 29.4 Å². The minimum atomic E-state index is -0.535. The molecule has 0 atom stereocenters. The zero-order chi connectivity index (χ0) is 23.2. The number of hydrogen-bond acceptors (Lipinski definition) is 8. The number of nitro groups is 1. The number of methoxy groups -OCH3 is 1. The van der Waals surface area contributed by atoms with Crippen molar-refractivity contribution in [2.45, 2.75) is 13.0 Å². The topological polar surface area (TPSA) is 125 Å². The second-order valence-electron chi connectivity index (χ2n) is 7.10. The Morgan fingerprint density at radius 3 is 2.67 bits per heavy atom. The summed E-state index contributed by atoms with van der Waals surface area (Å²) in [6, 6.07) is 16.3. The predicted octanol–water partition coefficient (Wildman–Crippen LogP) is 4.13. The lowest BCUT2D eigenvalue weighted by Gasteiger charge is -2.21. The first kappa shape index (κ1) is 21.8. The normalized spacial score (nSPS) is 10.7. The number of aromatic nitrogens is 2. The van der Waals surface area contributed by atoms with E-state index < -0.39 is 4.92 Å². The fourth-order valence-corrected chi connectivity index (χ4v) is 3.22. The van der Waals surface area contributed by atoms with E-state index in [4.69, 9.17) is 13.7 Å². The molecular formula is C23H20N4O6. The van der Waals surface area contributed by atoms with Crippen molar-refractivity contribution in [1.29, 1.82) is 0 Å². The number of rotatable bonds is 9. The van der Waals surface area contributed by atoms with Crippen LogP contribution in [0.25, 0.3) is 11.4 Å². The number of furan rings is 1. The third-order valence-corrected chi connectivity index (χ3v) is 4.93. The molecule has 0 aliphatic carbocycles. The Bertz CT molecular complexity index is 1230. The summed E-state index contributed by atoms with van der Waals surface area (Å²) in [4.78, 5) is 29.6. The molecule has 0 unspecified atom stereocenters. The Kier molecular flexibility index (Phi) is 6.44. The van der Waals surface area contributed by atoms with Crippen LogP contribution in [-0.4, -0.2) is 39.5 Å². The van der Waals surface area contributed by atoms with E-state index in [0.29, 0.717) is 23.9 Å². The summed E-state index contributed by atoms with van der Waals surface area (Å²) in [6.45, 7) is 0.431. The summed E-state index contributed by atoms with van der Waals surface area (Å²) < 4.78 is 15.9. The number of carbonyl (C=O) groups is 1. The number of carbonyl (C=O) groups excluding carboxylic acids is 1. The molecule has 0 radical (unpaired) electrons. The summed E-state index contributed by atoms with van der Waals surface area (Å²) in [7, 11) is 1.59. The molecule has 0 saturated heterocycles. The van der Waals surface area contributed by atoms with E-state index in [2.05, 4.69) is 10.1 Å². The van der Waals surface area contributed by atoms with Gasteiger partial charge in [0.1, 0.15) is 11.5 Å². The average Bonchev–Trinajstić information content (AvgIpc) is 3.54. The van der Waals surface area contributed by atoms with Crippen LogP contribution < -0.4 is 4.74 Å². The summed E-state index contributed by atoms with van der Waals surface area (Å²) in [5.74, 6) is 1.71. The van der Waals surface area contributed by atoms with Gasteiger partial charge in [-0.15, -0.1) is 0 Å². The van der Waals surface area contributed by atoms with Crippen LogP contribution in [0.3, 0.4) is 0 Å². The minimum absolute atomic E-state index is 0.153. The quantitative estimate of drug-likeness (QED) is 0.276. The van der Waals surface area contributed by atoms with Crippen molar-refractivity contribution in [3.63, 3.8) is 0 Å². The summed E-state index contributed by atoms with van der Waals surface area (Å²) >= 11 is 0. The molecule has 4 aromatic rings. The molecule has 0 spiro atoms. The largest absolute Gasteiger partial charge is 0.497 e. The smallest absolute Gasteiger partial charge is 0.270 e. The highest BCUT2D eigenvalue weighted by Crippen LogP contribution is 2.21. The highest BCUT2D eigenvalue weighted by Gasteiger charge is 2.21. The number of amides is 1. The van der Waals surface area contributed by atoms with Crippen molar-refractivity contribution in [2.24, 2.45) is 0 Å². The van der Waals surface area contributed by atoms with Crippen LogP contribution in [0, 0.1) is 10.1 Å². The monoisotopic (exact) mass is 448 g/mol. The SMILES string of the molecule is COc1ccc(-c2noc(CCN(Cc3ccco3)C(=O)c3cccc([N+](=O)[O-])c3)n2)cc1. The van der Waals surface area contributed by atoms with Crippen LogP contribution in [0.1, 0.15) is 22.0 Å². The molecule has 2 heterocycles. The van der Waals surface area contributed by atoms with E-state index >= 15 is 0 Å². The second-order valence-corrected chi connectivity index (χ2v) is 7.10. The van der Waals surface area contributed by atoms with E-state index in [0.717, 1.165) is 11.3 Å². The second kappa shape index (κ2) is 9.77. The van der Waals surface area contributed by atoms with Gasteiger partial charge in [0.2, 0.25) is 11.7 Å². The van der Waals surface area contributed by atoms with Crippen LogP contribution in [0.15, 0.2) is 75.9 Å². The Balaban J connectivity index is 1.50. The molecule has 4 rings (SSSR count). The van der Waals surface area contributed by atoms with E-state index in [-0.39, 0.29) is 30.2 Å². The maximum atomic E-state index is 13.1. The molecule has 0 fully saturated rings. The zero-order valence-corrected chi connectivity index (χ0v) is 17.7. The first-order chi connectivity index (χ1) is 16.0. The molecule has 168 valence electrons. The maximum absolute atomic E-state index is 13.1. The first-order valence-electron chi connectivity index (χ1n) is 10.1. The highest BCUT2D eigenvalue weighted by atomic mass is 16.6. The average molecular weight is 448 g/mol. The van der Waals surface area contributed by atoms with Crippen molar-refractivity contribution in [3.8, 4) is 17.1 Å². The molecule has 0 saturated carbocycles. The summed E-state index contributed by atoms with van der Waals surface area (Å²) in [5, 5.41) is 15.1. The lowest BCUT2D eigenvalue weighted by molar-refractivity contribution is -0.384. The third kappa shape index (κ3) is 5.24. The van der Waals surface area contributed by atoms with E-state index in [1.54, 1.807) is 37.4 Å². The Labute approximate surface area is 188 Å². The van der Waals surface area contributed by atoms with Gasteiger partial charge in [0.05, 0.1) is 24.8 Å². The maximum Gasteiger partial charge on any atom is 0.270 e. The van der Waals surface area contributed by atoms with Crippen LogP contribution >= 0.6 is 0 Å². The number of hydrogen-bond donors (Lipinski definition) is 0. The number of nitro benzene ring substituents is 1. The minimum Gasteiger partial charge on any atom is -0.497 e. The molecule has 0 aliphatic rings. The Morgan fingerprint density at radius 1 is 1.15 bits per heavy atom. The van der Waals surface area contributed by atoms with Gasteiger partial charge in [-0.05, 0) is 42.5 Å². The van der Waals surface area contributed by atoms with Crippen LogP contribution in [0.2, 0.25) is 0 Å². The molecular weight excluding hydrogens is 428 g/mol. The van der Waals surface area contributed by atoms with Gasteiger partial charge in [0.15, 0.2) is 0 Å². The van der Waals surface area contributed by atoms with Crippen molar-refractivity contribution in [3.05, 3.63) is 94.3 Å². The zero-order valence-electron chi connectivity index (χ0n) is 17.7. The van der Waals surface area contributed by atoms with Gasteiger partial charge >= 0.3 is 0 Å². The van der Waals surface area contributed by atoms with Gasteiger partial charge in [-0.2, -0.15) is 4.98 Å². The third-order valence-electron chi connectivity index (χ3n) is 4.93. The summed E-state index contributed by atoms with van der Waals surface area (Å²) in [5.41, 5.74) is 0.825. The summed E-state index contributed by atoms with van der Waals surface area (Å²) in [6.07, 6.45) is 1.81. The van der Waals surface area contributed by atoms with Crippen molar-refractivity contribution in [1.82, 2.24) is 15.0 Å². The van der Waals surface area contributed by atoms with Crippen molar-refractivity contribution < 1.29 is 23.4 Å². The lowest BCUT2D eigenvalue weighted by atomic mass is 10.1. The van der Waals surface area contributed by atoms with Crippen LogP contribution in [-0.2, 0) is 13.0 Å². The molecule has 0 aliphatic heterocycles. The van der Waals surface area contributed by atoms with Crippen LogP contribution in [0.5, 0.6) is 5.75 Å². The molecule has 0 bridgehead atoms. The number of ether oxygens (including phenoxy) is 1.